The molecule has 0 fully saturated rings. The molecule has 0 heterocycles. The lowest BCUT2D eigenvalue weighted by molar-refractivity contribution is -0.103. The van der Waals surface area contributed by atoms with Gasteiger partial charge in [-0.05, 0) is 50.1 Å². The van der Waals surface area contributed by atoms with E-state index in [2.05, 4.69) is 16.6 Å². The third-order valence-corrected chi connectivity index (χ3v) is 4.75. The van der Waals surface area contributed by atoms with E-state index in [1.807, 2.05) is 6.92 Å². The van der Waals surface area contributed by atoms with Gasteiger partial charge in [0.15, 0.2) is 6.29 Å². The number of benzene rings is 2. The van der Waals surface area contributed by atoms with Crippen molar-refractivity contribution in [2.24, 2.45) is 0 Å². The number of sulfonamides is 1. The molecule has 0 saturated heterocycles. The Hall–Kier alpha value is -3.11. The normalized spacial score (nSPS) is 10.4. The number of ether oxygens (including phenoxy) is 1. The summed E-state index contributed by atoms with van der Waals surface area (Å²) < 4.78 is 32.4. The summed E-state index contributed by atoms with van der Waals surface area (Å²) in [6.07, 6.45) is 0.384. The van der Waals surface area contributed by atoms with Gasteiger partial charge in [0.2, 0.25) is 0 Å². The Morgan fingerprint density at radius 2 is 1.88 bits per heavy atom. The minimum absolute atomic E-state index is 0.0897. The Balaban J connectivity index is 2.42. The fourth-order valence-electron chi connectivity index (χ4n) is 2.11. The van der Waals surface area contributed by atoms with Crippen LogP contribution < -0.4 is 4.72 Å². The number of hydrogen-bond donors (Lipinski definition) is 1. The number of aryl methyl sites for hydroxylation is 1. The van der Waals surface area contributed by atoms with E-state index in [9.17, 15) is 18.0 Å². The quantitative estimate of drug-likeness (QED) is 0.496. The number of carbonyl (C=O) groups is 2. The van der Waals surface area contributed by atoms with E-state index in [1.165, 1.54) is 30.3 Å². The average Bonchev–Trinajstić information content (AvgIpc) is 2.61. The third kappa shape index (κ3) is 4.71. The van der Waals surface area contributed by atoms with Crippen LogP contribution in [-0.2, 0) is 19.6 Å². The Labute approximate surface area is 152 Å². The molecule has 0 aliphatic carbocycles. The molecule has 0 bridgehead atoms. The van der Waals surface area contributed by atoms with Gasteiger partial charge in [-0.25, -0.2) is 13.2 Å². The van der Waals surface area contributed by atoms with Gasteiger partial charge in [-0.1, -0.05) is 23.6 Å². The van der Waals surface area contributed by atoms with Crippen LogP contribution in [0.4, 0.5) is 5.69 Å². The highest BCUT2D eigenvalue weighted by atomic mass is 32.2. The monoisotopic (exact) mass is 371 g/mol. The molecule has 134 valence electrons. The standard InChI is InChI=1S/C19H17NO5S/c1-3-25-19(22)16-8-11-18(15(13-16)5-4-12-21)20-26(23,24)17-9-6-14(2)7-10-17/h6-13,20H,3H2,1-2H3. The number of rotatable bonds is 5. The SMILES string of the molecule is CCOC(=O)c1ccc(NS(=O)(=O)c2ccc(C)cc2)c(C#CC=O)c1. The zero-order valence-corrected chi connectivity index (χ0v) is 15.1. The highest BCUT2D eigenvalue weighted by molar-refractivity contribution is 7.92. The van der Waals surface area contributed by atoms with Crippen LogP contribution in [-0.4, -0.2) is 27.3 Å². The van der Waals surface area contributed by atoms with E-state index < -0.39 is 16.0 Å². The largest absolute Gasteiger partial charge is 0.462 e. The lowest BCUT2D eigenvalue weighted by atomic mass is 10.1. The molecule has 2 rings (SSSR count). The van der Waals surface area contributed by atoms with Crippen LogP contribution in [0.3, 0.4) is 0 Å². The number of aldehydes is 1. The molecule has 0 radical (unpaired) electrons. The first-order chi connectivity index (χ1) is 12.4. The second-order valence-electron chi connectivity index (χ2n) is 5.29. The van der Waals surface area contributed by atoms with Crippen molar-refractivity contribution in [3.63, 3.8) is 0 Å². The molecule has 0 aromatic heterocycles. The highest BCUT2D eigenvalue weighted by Gasteiger charge is 2.17. The van der Waals surface area contributed by atoms with E-state index in [1.54, 1.807) is 19.1 Å². The summed E-state index contributed by atoms with van der Waals surface area (Å²) in [7, 11) is -3.84. The summed E-state index contributed by atoms with van der Waals surface area (Å²) in [6, 6.07) is 10.6. The molecule has 6 nitrogen and oxygen atoms in total. The van der Waals surface area contributed by atoms with Crippen LogP contribution in [0.15, 0.2) is 47.4 Å². The van der Waals surface area contributed by atoms with Crippen molar-refractivity contribution in [3.05, 3.63) is 59.2 Å². The number of carbonyl (C=O) groups excluding carboxylic acids is 2. The third-order valence-electron chi connectivity index (χ3n) is 3.37. The van der Waals surface area contributed by atoms with Crippen LogP contribution in [0.1, 0.15) is 28.4 Å². The van der Waals surface area contributed by atoms with Gasteiger partial charge in [0.1, 0.15) is 0 Å². The number of anilines is 1. The van der Waals surface area contributed by atoms with Crippen molar-refractivity contribution < 1.29 is 22.7 Å². The Morgan fingerprint density at radius 1 is 1.19 bits per heavy atom. The second kappa shape index (κ2) is 8.32. The summed E-state index contributed by atoms with van der Waals surface area (Å²) in [6.45, 7) is 3.73. The zero-order valence-electron chi connectivity index (χ0n) is 14.3. The van der Waals surface area contributed by atoms with E-state index in [0.29, 0.717) is 6.29 Å². The first-order valence-electron chi connectivity index (χ1n) is 7.73. The lowest BCUT2D eigenvalue weighted by Gasteiger charge is -2.11. The van der Waals surface area contributed by atoms with Crippen molar-refractivity contribution in [1.29, 1.82) is 0 Å². The summed E-state index contributed by atoms with van der Waals surface area (Å²) >= 11 is 0. The van der Waals surface area contributed by atoms with Crippen molar-refractivity contribution in [1.82, 2.24) is 0 Å². The van der Waals surface area contributed by atoms with Crippen molar-refractivity contribution in [2.75, 3.05) is 11.3 Å². The lowest BCUT2D eigenvalue weighted by Crippen LogP contribution is -2.14. The van der Waals surface area contributed by atoms with Crippen LogP contribution >= 0.6 is 0 Å². The van der Waals surface area contributed by atoms with Gasteiger partial charge in [-0.3, -0.25) is 9.52 Å². The maximum atomic E-state index is 12.5. The van der Waals surface area contributed by atoms with E-state index in [4.69, 9.17) is 4.74 Å². The smallest absolute Gasteiger partial charge is 0.338 e. The second-order valence-corrected chi connectivity index (χ2v) is 6.97. The average molecular weight is 371 g/mol. The summed E-state index contributed by atoms with van der Waals surface area (Å²) in [5.41, 5.74) is 1.49. The molecule has 0 aliphatic rings. The van der Waals surface area contributed by atoms with Gasteiger partial charge >= 0.3 is 5.97 Å². The fraction of sp³-hybridized carbons (Fsp3) is 0.158. The molecule has 2 aromatic rings. The van der Waals surface area contributed by atoms with Gasteiger partial charge in [-0.15, -0.1) is 0 Å². The molecule has 1 N–H and O–H groups in total. The molecular weight excluding hydrogens is 354 g/mol. The number of esters is 1. The Bertz CT molecular complexity index is 983. The minimum Gasteiger partial charge on any atom is -0.462 e. The van der Waals surface area contributed by atoms with Crippen molar-refractivity contribution in [3.8, 4) is 11.8 Å². The maximum absolute atomic E-state index is 12.5. The predicted molar refractivity (Wildman–Crippen MR) is 97.3 cm³/mol. The van der Waals surface area contributed by atoms with Crippen molar-refractivity contribution >= 4 is 28.0 Å². The molecule has 0 atom stereocenters. The maximum Gasteiger partial charge on any atom is 0.338 e. The Morgan fingerprint density at radius 3 is 2.50 bits per heavy atom. The van der Waals surface area contributed by atoms with Crippen LogP contribution in [0.2, 0.25) is 0 Å². The van der Waals surface area contributed by atoms with E-state index in [0.717, 1.165) is 5.56 Å². The topological polar surface area (TPSA) is 89.5 Å². The number of nitrogens with one attached hydrogen (secondary N) is 1. The predicted octanol–water partition coefficient (Wildman–Crippen LogP) is 2.52. The first-order valence-corrected chi connectivity index (χ1v) is 9.21. The first kappa shape index (κ1) is 19.2. The van der Waals surface area contributed by atoms with Crippen LogP contribution in [0, 0.1) is 18.8 Å². The van der Waals surface area contributed by atoms with Gasteiger partial charge in [-0.2, -0.15) is 0 Å². The highest BCUT2D eigenvalue weighted by Crippen LogP contribution is 2.22. The van der Waals surface area contributed by atoms with Gasteiger partial charge in [0, 0.05) is 5.56 Å². The Kier molecular flexibility index (Phi) is 6.15. The number of hydrogen-bond acceptors (Lipinski definition) is 5. The van der Waals surface area contributed by atoms with Crippen LogP contribution in [0.5, 0.6) is 0 Å². The van der Waals surface area contributed by atoms with E-state index in [-0.39, 0.29) is 28.3 Å². The molecule has 0 spiro atoms. The summed E-state index contributed by atoms with van der Waals surface area (Å²) in [5.74, 6) is 4.19. The van der Waals surface area contributed by atoms with Crippen molar-refractivity contribution in [2.45, 2.75) is 18.7 Å². The summed E-state index contributed by atoms with van der Waals surface area (Å²) in [5, 5.41) is 0. The minimum atomic E-state index is -3.84. The fourth-order valence-corrected chi connectivity index (χ4v) is 3.19. The summed E-state index contributed by atoms with van der Waals surface area (Å²) in [4.78, 5) is 22.5. The molecule has 0 aliphatic heterocycles. The molecular formula is C19H17NO5S. The molecule has 0 unspecified atom stereocenters. The van der Waals surface area contributed by atoms with Gasteiger partial charge < -0.3 is 4.74 Å². The van der Waals surface area contributed by atoms with Gasteiger partial charge in [0.25, 0.3) is 10.0 Å². The molecule has 0 amide bonds. The van der Waals surface area contributed by atoms with E-state index >= 15 is 0 Å². The molecule has 7 heteroatoms. The molecule has 26 heavy (non-hydrogen) atoms. The molecule has 2 aromatic carbocycles. The molecule has 0 saturated carbocycles. The zero-order chi connectivity index (χ0) is 19.2. The van der Waals surface area contributed by atoms with Crippen LogP contribution in [0.25, 0.3) is 0 Å². The van der Waals surface area contributed by atoms with Gasteiger partial charge in [0.05, 0.1) is 22.8 Å².